The summed E-state index contributed by atoms with van der Waals surface area (Å²) >= 11 is 0. The first kappa shape index (κ1) is 20.1. The number of para-hydroxylation sites is 1. The van der Waals surface area contributed by atoms with Crippen LogP contribution in [0.2, 0.25) is 0 Å². The third-order valence-electron chi connectivity index (χ3n) is 5.65. The molecule has 0 aliphatic carbocycles. The predicted molar refractivity (Wildman–Crippen MR) is 114 cm³/mol. The number of rotatable bonds is 6. The van der Waals surface area contributed by atoms with Crippen LogP contribution in [0.15, 0.2) is 53.4 Å². The van der Waals surface area contributed by atoms with E-state index in [-0.39, 0.29) is 11.0 Å². The van der Waals surface area contributed by atoms with Crippen LogP contribution >= 0.6 is 0 Å². The van der Waals surface area contributed by atoms with E-state index in [1.54, 1.807) is 31.2 Å². The third kappa shape index (κ3) is 3.97. The number of aryl methyl sites for hydroxylation is 2. The summed E-state index contributed by atoms with van der Waals surface area (Å²) < 4.78 is 38.9. The molecule has 1 aliphatic heterocycles. The Morgan fingerprint density at radius 2 is 1.86 bits per heavy atom. The van der Waals surface area contributed by atoms with Crippen LogP contribution in [-0.4, -0.2) is 25.7 Å². The van der Waals surface area contributed by atoms with Crippen molar-refractivity contribution in [2.24, 2.45) is 0 Å². The number of benzene rings is 2. The standard InChI is InChI=1S/C23H27NO4S/c1-16-8-11-19(12-9-16)29(25,26)28-17(2)10-13-22-23-18(3)20-6-4-5-7-21(20)24(23)14-15-27-22/h4-9,11-12,17,22H,10,13-15H2,1-3H3. The van der Waals surface area contributed by atoms with Gasteiger partial charge in [-0.25, -0.2) is 0 Å². The molecule has 154 valence electrons. The molecular formula is C23H27NO4S. The highest BCUT2D eigenvalue weighted by Crippen LogP contribution is 2.36. The lowest BCUT2D eigenvalue weighted by atomic mass is 10.0. The molecule has 2 heterocycles. The smallest absolute Gasteiger partial charge is 0.297 e. The Hall–Kier alpha value is -2.15. The molecule has 0 saturated carbocycles. The van der Waals surface area contributed by atoms with Crippen molar-refractivity contribution in [3.8, 4) is 0 Å². The minimum absolute atomic E-state index is 0.0516. The molecule has 0 saturated heterocycles. The first-order valence-electron chi connectivity index (χ1n) is 10.1. The lowest BCUT2D eigenvalue weighted by Gasteiger charge is -2.27. The van der Waals surface area contributed by atoms with Gasteiger partial charge in [-0.1, -0.05) is 35.9 Å². The van der Waals surface area contributed by atoms with Gasteiger partial charge in [-0.05, 0) is 57.4 Å². The van der Waals surface area contributed by atoms with E-state index in [1.165, 1.54) is 22.2 Å². The Labute approximate surface area is 172 Å². The van der Waals surface area contributed by atoms with Gasteiger partial charge in [0.1, 0.15) is 0 Å². The number of aromatic nitrogens is 1. The average molecular weight is 414 g/mol. The van der Waals surface area contributed by atoms with Crippen LogP contribution in [0.1, 0.15) is 42.7 Å². The largest absolute Gasteiger partial charge is 0.370 e. The van der Waals surface area contributed by atoms with Crippen molar-refractivity contribution in [3.63, 3.8) is 0 Å². The predicted octanol–water partition coefficient (Wildman–Crippen LogP) is 4.90. The summed E-state index contributed by atoms with van der Waals surface area (Å²) in [5.41, 5.74) is 4.69. The maximum absolute atomic E-state index is 12.5. The quantitative estimate of drug-likeness (QED) is 0.539. The Balaban J connectivity index is 1.47. The van der Waals surface area contributed by atoms with Crippen molar-refractivity contribution < 1.29 is 17.3 Å². The van der Waals surface area contributed by atoms with Crippen molar-refractivity contribution in [2.45, 2.75) is 57.3 Å². The van der Waals surface area contributed by atoms with E-state index in [4.69, 9.17) is 8.92 Å². The molecular weight excluding hydrogens is 386 g/mol. The van der Waals surface area contributed by atoms with Crippen LogP contribution in [0.25, 0.3) is 10.9 Å². The van der Waals surface area contributed by atoms with Crippen LogP contribution in [0.4, 0.5) is 0 Å². The van der Waals surface area contributed by atoms with E-state index >= 15 is 0 Å². The molecule has 2 unspecified atom stereocenters. The van der Waals surface area contributed by atoms with E-state index in [0.717, 1.165) is 12.1 Å². The van der Waals surface area contributed by atoms with Crippen LogP contribution in [0.5, 0.6) is 0 Å². The Morgan fingerprint density at radius 1 is 1.14 bits per heavy atom. The Bertz CT molecular complexity index is 1120. The van der Waals surface area contributed by atoms with Crippen LogP contribution in [0, 0.1) is 13.8 Å². The summed E-state index contributed by atoms with van der Waals surface area (Å²) in [6.07, 6.45) is 0.826. The van der Waals surface area contributed by atoms with E-state index in [2.05, 4.69) is 35.8 Å². The molecule has 0 bridgehead atoms. The second kappa shape index (κ2) is 7.94. The second-order valence-corrected chi connectivity index (χ2v) is 9.36. The van der Waals surface area contributed by atoms with E-state index in [1.807, 2.05) is 6.92 Å². The fourth-order valence-corrected chi connectivity index (χ4v) is 5.26. The first-order valence-corrected chi connectivity index (χ1v) is 11.5. The minimum Gasteiger partial charge on any atom is -0.370 e. The summed E-state index contributed by atoms with van der Waals surface area (Å²) in [5.74, 6) is 0. The molecule has 4 rings (SSSR count). The zero-order valence-corrected chi connectivity index (χ0v) is 17.9. The summed E-state index contributed by atoms with van der Waals surface area (Å²) in [6.45, 7) is 7.36. The van der Waals surface area contributed by atoms with Crippen molar-refractivity contribution in [3.05, 3.63) is 65.4 Å². The molecule has 6 heteroatoms. The molecule has 29 heavy (non-hydrogen) atoms. The van der Waals surface area contributed by atoms with Crippen molar-refractivity contribution in [1.29, 1.82) is 0 Å². The number of ether oxygens (including phenoxy) is 1. The fourth-order valence-electron chi connectivity index (χ4n) is 4.15. The lowest BCUT2D eigenvalue weighted by Crippen LogP contribution is -2.23. The molecule has 1 aromatic heterocycles. The first-order chi connectivity index (χ1) is 13.9. The van der Waals surface area contributed by atoms with Gasteiger partial charge in [-0.15, -0.1) is 0 Å². The van der Waals surface area contributed by atoms with Gasteiger partial charge < -0.3 is 9.30 Å². The molecule has 3 aromatic rings. The van der Waals surface area contributed by atoms with E-state index in [0.29, 0.717) is 19.4 Å². The van der Waals surface area contributed by atoms with Gasteiger partial charge in [0.25, 0.3) is 10.1 Å². The SMILES string of the molecule is Cc1ccc(S(=O)(=O)OC(C)CCC2OCCn3c2c(C)c2ccccc23)cc1. The highest BCUT2D eigenvalue weighted by atomic mass is 32.2. The number of nitrogens with zero attached hydrogens (tertiary/aromatic N) is 1. The molecule has 1 aliphatic rings. The van der Waals surface area contributed by atoms with Gasteiger partial charge in [0.05, 0.1) is 29.4 Å². The molecule has 0 fully saturated rings. The number of fused-ring (bicyclic) bond motifs is 3. The molecule has 0 amide bonds. The molecule has 0 N–H and O–H groups in total. The normalized spacial score (nSPS) is 18.0. The zero-order valence-electron chi connectivity index (χ0n) is 17.1. The molecule has 0 spiro atoms. The highest BCUT2D eigenvalue weighted by Gasteiger charge is 2.27. The van der Waals surface area contributed by atoms with Crippen molar-refractivity contribution in [1.82, 2.24) is 4.57 Å². The average Bonchev–Trinajstić information content (AvgIpc) is 3.00. The molecule has 0 radical (unpaired) electrons. The third-order valence-corrected chi connectivity index (χ3v) is 7.08. The summed E-state index contributed by atoms with van der Waals surface area (Å²) in [5, 5.41) is 1.25. The van der Waals surface area contributed by atoms with Crippen molar-refractivity contribution >= 4 is 21.0 Å². The van der Waals surface area contributed by atoms with Gasteiger partial charge >= 0.3 is 0 Å². The van der Waals surface area contributed by atoms with Gasteiger partial charge in [-0.2, -0.15) is 8.42 Å². The maximum Gasteiger partial charge on any atom is 0.297 e. The van der Waals surface area contributed by atoms with Gasteiger partial charge in [0.15, 0.2) is 0 Å². The summed E-state index contributed by atoms with van der Waals surface area (Å²) in [6, 6.07) is 15.1. The highest BCUT2D eigenvalue weighted by molar-refractivity contribution is 7.86. The topological polar surface area (TPSA) is 57.5 Å². The zero-order chi connectivity index (χ0) is 20.6. The van der Waals surface area contributed by atoms with Crippen LogP contribution in [-0.2, 0) is 25.6 Å². The Kier molecular flexibility index (Phi) is 5.51. The molecule has 2 atom stereocenters. The lowest BCUT2D eigenvalue weighted by molar-refractivity contribution is 0.00932. The fraction of sp³-hybridized carbons (Fsp3) is 0.391. The molecule has 5 nitrogen and oxygen atoms in total. The van der Waals surface area contributed by atoms with Gasteiger partial charge in [0.2, 0.25) is 0 Å². The van der Waals surface area contributed by atoms with Crippen LogP contribution < -0.4 is 0 Å². The van der Waals surface area contributed by atoms with E-state index < -0.39 is 16.2 Å². The maximum atomic E-state index is 12.5. The van der Waals surface area contributed by atoms with Crippen molar-refractivity contribution in [2.75, 3.05) is 6.61 Å². The minimum atomic E-state index is -3.76. The van der Waals surface area contributed by atoms with Crippen LogP contribution in [0.3, 0.4) is 0 Å². The monoisotopic (exact) mass is 413 g/mol. The number of hydrogen-bond donors (Lipinski definition) is 0. The summed E-state index contributed by atoms with van der Waals surface area (Å²) in [7, 11) is -3.76. The number of hydrogen-bond acceptors (Lipinski definition) is 4. The Morgan fingerprint density at radius 3 is 2.62 bits per heavy atom. The van der Waals surface area contributed by atoms with Gasteiger partial charge in [0, 0.05) is 17.4 Å². The van der Waals surface area contributed by atoms with Gasteiger partial charge in [-0.3, -0.25) is 4.18 Å². The molecule has 2 aromatic carbocycles. The summed E-state index contributed by atoms with van der Waals surface area (Å²) in [4.78, 5) is 0.194. The second-order valence-electron chi connectivity index (χ2n) is 7.79. The van der Waals surface area contributed by atoms with E-state index in [9.17, 15) is 8.42 Å².